The zero-order chi connectivity index (χ0) is 22.7. The summed E-state index contributed by atoms with van der Waals surface area (Å²) in [7, 11) is -2.25. The lowest BCUT2D eigenvalue weighted by molar-refractivity contribution is 0.0955. The van der Waals surface area contributed by atoms with Crippen LogP contribution in [-0.4, -0.2) is 31.6 Å². The molecular weight excluding hydrogens is 426 g/mol. The molecule has 0 saturated heterocycles. The normalized spacial score (nSPS) is 11.7. The smallest absolute Gasteiger partial charge is 0.271 e. The summed E-state index contributed by atoms with van der Waals surface area (Å²) < 4.78 is 32.8. The summed E-state index contributed by atoms with van der Waals surface area (Å²) in [6.07, 6.45) is 2.94. The number of methoxy groups -OCH3 is 1. The van der Waals surface area contributed by atoms with Gasteiger partial charge in [-0.15, -0.1) is 0 Å². The average molecular weight is 448 g/mol. The van der Waals surface area contributed by atoms with E-state index in [0.29, 0.717) is 27.8 Å². The van der Waals surface area contributed by atoms with Crippen LogP contribution in [0.2, 0.25) is 0 Å². The number of aromatic nitrogens is 1. The summed E-state index contributed by atoms with van der Waals surface area (Å²) in [4.78, 5) is 12.5. The summed E-state index contributed by atoms with van der Waals surface area (Å²) in [6, 6.07) is 20.4. The Morgan fingerprint density at radius 3 is 2.38 bits per heavy atom. The van der Waals surface area contributed by atoms with Crippen LogP contribution < -0.4 is 10.2 Å². The number of rotatable bonds is 6. The van der Waals surface area contributed by atoms with Crippen molar-refractivity contribution in [2.75, 3.05) is 7.11 Å². The topological polar surface area (TPSA) is 89.8 Å². The van der Waals surface area contributed by atoms with Gasteiger partial charge < -0.3 is 4.74 Å². The third-order valence-corrected chi connectivity index (χ3v) is 6.70. The van der Waals surface area contributed by atoms with Crippen LogP contribution in [0.5, 0.6) is 5.75 Å². The van der Waals surface area contributed by atoms with Crippen molar-refractivity contribution in [2.24, 2.45) is 5.10 Å². The number of carbonyl (C=O) groups excluding carboxylic acids is 1. The van der Waals surface area contributed by atoms with E-state index in [1.807, 2.05) is 19.1 Å². The fourth-order valence-corrected chi connectivity index (χ4v) is 4.65. The molecule has 1 N–H and O–H groups in total. The predicted octanol–water partition coefficient (Wildman–Crippen LogP) is 3.96. The molecule has 0 fully saturated rings. The standard InChI is InChI=1S/C24H21N3O4S/c1-17-7-13-21(14-8-17)32(29,30)27-16-19(22-5-3-4-6-23(22)27)15-25-26-24(28)18-9-11-20(31-2)12-10-18/h3-16H,1-2H3,(H,26,28)/b25-15-. The van der Waals surface area contributed by atoms with Gasteiger partial charge in [-0.25, -0.2) is 17.8 Å². The highest BCUT2D eigenvalue weighted by atomic mass is 32.2. The molecule has 1 aromatic heterocycles. The molecule has 0 atom stereocenters. The Bertz CT molecular complexity index is 1400. The molecule has 162 valence electrons. The van der Waals surface area contributed by atoms with Gasteiger partial charge in [-0.1, -0.05) is 35.9 Å². The Labute approximate surface area is 186 Å². The molecule has 8 heteroatoms. The van der Waals surface area contributed by atoms with Crippen LogP contribution in [0, 0.1) is 6.92 Å². The van der Waals surface area contributed by atoms with Crippen molar-refractivity contribution in [3.05, 3.63) is 95.7 Å². The van der Waals surface area contributed by atoms with Crippen LogP contribution in [0.1, 0.15) is 21.5 Å². The second-order valence-electron chi connectivity index (χ2n) is 7.14. The summed E-state index contributed by atoms with van der Waals surface area (Å²) in [5, 5.41) is 4.73. The molecular formula is C24H21N3O4S. The van der Waals surface area contributed by atoms with Gasteiger partial charge in [0, 0.05) is 22.7 Å². The van der Waals surface area contributed by atoms with E-state index in [2.05, 4.69) is 10.5 Å². The molecule has 7 nitrogen and oxygen atoms in total. The SMILES string of the molecule is COc1ccc(C(=O)N/N=C\c2cn(S(=O)(=O)c3ccc(C)cc3)c3ccccc23)cc1. The van der Waals surface area contributed by atoms with Gasteiger partial charge in [-0.3, -0.25) is 4.79 Å². The monoisotopic (exact) mass is 447 g/mol. The molecule has 3 aromatic carbocycles. The van der Waals surface area contributed by atoms with E-state index >= 15 is 0 Å². The van der Waals surface area contributed by atoms with Crippen molar-refractivity contribution in [1.82, 2.24) is 9.40 Å². The molecule has 0 aliphatic rings. The maximum atomic E-state index is 13.2. The van der Waals surface area contributed by atoms with E-state index in [1.165, 1.54) is 16.4 Å². The van der Waals surface area contributed by atoms with E-state index in [1.54, 1.807) is 67.8 Å². The number of hydrogen-bond donors (Lipinski definition) is 1. The van der Waals surface area contributed by atoms with Crippen molar-refractivity contribution < 1.29 is 17.9 Å². The maximum absolute atomic E-state index is 13.2. The largest absolute Gasteiger partial charge is 0.497 e. The molecule has 1 heterocycles. The summed E-state index contributed by atoms with van der Waals surface area (Å²) in [5.74, 6) is 0.257. The van der Waals surface area contributed by atoms with E-state index in [4.69, 9.17) is 4.74 Å². The lowest BCUT2D eigenvalue weighted by Gasteiger charge is -2.07. The number of para-hydroxylation sites is 1. The Kier molecular flexibility index (Phi) is 5.79. The van der Waals surface area contributed by atoms with Gasteiger partial charge in [0.25, 0.3) is 15.9 Å². The number of amides is 1. The van der Waals surface area contributed by atoms with Gasteiger partial charge >= 0.3 is 0 Å². The molecule has 1 amide bonds. The molecule has 32 heavy (non-hydrogen) atoms. The highest BCUT2D eigenvalue weighted by Gasteiger charge is 2.20. The molecule has 0 aliphatic heterocycles. The maximum Gasteiger partial charge on any atom is 0.271 e. The quantitative estimate of drug-likeness (QED) is 0.358. The van der Waals surface area contributed by atoms with Crippen molar-refractivity contribution in [2.45, 2.75) is 11.8 Å². The highest BCUT2D eigenvalue weighted by Crippen LogP contribution is 2.25. The minimum absolute atomic E-state index is 0.195. The van der Waals surface area contributed by atoms with Gasteiger partial charge in [0.2, 0.25) is 0 Å². The summed E-state index contributed by atoms with van der Waals surface area (Å²) >= 11 is 0. The van der Waals surface area contributed by atoms with E-state index in [-0.39, 0.29) is 10.8 Å². The van der Waals surface area contributed by atoms with E-state index in [9.17, 15) is 13.2 Å². The Balaban J connectivity index is 1.64. The zero-order valence-electron chi connectivity index (χ0n) is 17.5. The molecule has 4 aromatic rings. The number of fused-ring (bicyclic) bond motifs is 1. The van der Waals surface area contributed by atoms with Crippen LogP contribution >= 0.6 is 0 Å². The van der Waals surface area contributed by atoms with E-state index in [0.717, 1.165) is 5.56 Å². The number of nitrogens with one attached hydrogen (secondary N) is 1. The van der Waals surface area contributed by atoms with Crippen molar-refractivity contribution in [1.29, 1.82) is 0 Å². The van der Waals surface area contributed by atoms with Gasteiger partial charge in [0.15, 0.2) is 0 Å². The molecule has 4 rings (SSSR count). The Morgan fingerprint density at radius 2 is 1.69 bits per heavy atom. The zero-order valence-corrected chi connectivity index (χ0v) is 18.3. The Hall–Kier alpha value is -3.91. The fourth-order valence-electron chi connectivity index (χ4n) is 3.27. The summed E-state index contributed by atoms with van der Waals surface area (Å²) in [5.41, 5.74) is 4.95. The number of benzene rings is 3. The molecule has 0 spiro atoms. The molecule has 0 bridgehead atoms. The van der Waals surface area contributed by atoms with E-state index < -0.39 is 10.0 Å². The summed E-state index contributed by atoms with van der Waals surface area (Å²) in [6.45, 7) is 1.90. The molecule has 0 radical (unpaired) electrons. The average Bonchev–Trinajstić information content (AvgIpc) is 3.19. The minimum atomic E-state index is -3.80. The second-order valence-corrected chi connectivity index (χ2v) is 8.96. The van der Waals surface area contributed by atoms with Gasteiger partial charge in [-0.2, -0.15) is 5.10 Å². The number of hydrazone groups is 1. The number of hydrogen-bond acceptors (Lipinski definition) is 5. The lowest BCUT2D eigenvalue weighted by Crippen LogP contribution is -2.17. The van der Waals surface area contributed by atoms with Gasteiger partial charge in [-0.05, 0) is 49.4 Å². The number of aryl methyl sites for hydroxylation is 1. The molecule has 0 unspecified atom stereocenters. The van der Waals surface area contributed by atoms with Crippen LogP contribution in [0.3, 0.4) is 0 Å². The first-order valence-corrected chi connectivity index (χ1v) is 11.2. The highest BCUT2D eigenvalue weighted by molar-refractivity contribution is 7.90. The number of carbonyl (C=O) groups is 1. The first-order chi connectivity index (χ1) is 15.4. The van der Waals surface area contributed by atoms with Gasteiger partial charge in [0.05, 0.1) is 23.7 Å². The van der Waals surface area contributed by atoms with Crippen molar-refractivity contribution >= 4 is 33.0 Å². The molecule has 0 saturated carbocycles. The molecule has 0 aliphatic carbocycles. The van der Waals surface area contributed by atoms with Crippen LogP contribution in [0.4, 0.5) is 0 Å². The number of nitrogens with zero attached hydrogens (tertiary/aromatic N) is 2. The first kappa shape index (κ1) is 21.3. The second kappa shape index (κ2) is 8.68. The Morgan fingerprint density at radius 1 is 1.00 bits per heavy atom. The lowest BCUT2D eigenvalue weighted by atomic mass is 10.2. The first-order valence-electron chi connectivity index (χ1n) is 9.80. The van der Waals surface area contributed by atoms with Crippen LogP contribution in [-0.2, 0) is 10.0 Å². The minimum Gasteiger partial charge on any atom is -0.497 e. The van der Waals surface area contributed by atoms with Crippen LogP contribution in [0.15, 0.2) is 89.0 Å². The van der Waals surface area contributed by atoms with Crippen LogP contribution in [0.25, 0.3) is 10.9 Å². The van der Waals surface area contributed by atoms with Crippen molar-refractivity contribution in [3.8, 4) is 5.75 Å². The third-order valence-electron chi connectivity index (χ3n) is 5.01. The van der Waals surface area contributed by atoms with Crippen molar-refractivity contribution in [3.63, 3.8) is 0 Å². The third kappa shape index (κ3) is 4.13. The fraction of sp³-hybridized carbons (Fsp3) is 0.0833. The van der Waals surface area contributed by atoms with Gasteiger partial charge in [0.1, 0.15) is 5.75 Å². The predicted molar refractivity (Wildman–Crippen MR) is 124 cm³/mol. The number of ether oxygens (including phenoxy) is 1.